The SMILES string of the molecule is Cc1ccc(C(=O)N2CCCC3(CNC(=O)c4ccccc4O3)C2)s1. The molecule has 25 heavy (non-hydrogen) atoms. The van der Waals surface area contributed by atoms with E-state index in [1.165, 1.54) is 11.3 Å². The molecule has 3 heterocycles. The van der Waals surface area contributed by atoms with Gasteiger partial charge in [0, 0.05) is 11.4 Å². The molecule has 6 heteroatoms. The zero-order valence-electron chi connectivity index (χ0n) is 14.1. The Hall–Kier alpha value is -2.34. The van der Waals surface area contributed by atoms with Crippen LogP contribution in [0.3, 0.4) is 0 Å². The summed E-state index contributed by atoms with van der Waals surface area (Å²) in [6.45, 7) is 3.61. The van der Waals surface area contributed by atoms with Crippen LogP contribution < -0.4 is 10.1 Å². The normalized spacial score (nSPS) is 22.8. The number of benzene rings is 1. The first-order valence-corrected chi connectivity index (χ1v) is 9.30. The lowest BCUT2D eigenvalue weighted by Gasteiger charge is -2.41. The first-order valence-electron chi connectivity index (χ1n) is 8.48. The van der Waals surface area contributed by atoms with Crippen LogP contribution in [0.4, 0.5) is 0 Å². The molecule has 1 spiro atoms. The Morgan fingerprint density at radius 3 is 2.92 bits per heavy atom. The molecule has 1 N–H and O–H groups in total. The molecule has 1 aromatic carbocycles. The van der Waals surface area contributed by atoms with Gasteiger partial charge in [-0.15, -0.1) is 11.3 Å². The third-order valence-electron chi connectivity index (χ3n) is 4.81. The van der Waals surface area contributed by atoms with Crippen LogP contribution in [0.1, 0.15) is 37.7 Å². The second kappa shape index (κ2) is 6.19. The molecule has 4 rings (SSSR count). The number of carbonyl (C=O) groups excluding carboxylic acids is 2. The van der Waals surface area contributed by atoms with Gasteiger partial charge in [-0.3, -0.25) is 9.59 Å². The standard InChI is InChI=1S/C19H20N2O3S/c1-13-7-8-16(25-13)18(23)21-10-4-9-19(12-21)11-20-17(22)14-5-2-3-6-15(14)24-19/h2-3,5-8H,4,9-12H2,1H3,(H,20,22). The number of fused-ring (bicyclic) bond motifs is 1. The number of hydrogen-bond donors (Lipinski definition) is 1. The molecule has 0 radical (unpaired) electrons. The highest BCUT2D eigenvalue weighted by Gasteiger charge is 2.42. The van der Waals surface area contributed by atoms with E-state index in [9.17, 15) is 9.59 Å². The zero-order chi connectivity index (χ0) is 17.4. The van der Waals surface area contributed by atoms with Crippen molar-refractivity contribution in [2.75, 3.05) is 19.6 Å². The number of nitrogens with zero attached hydrogens (tertiary/aromatic N) is 1. The summed E-state index contributed by atoms with van der Waals surface area (Å²) < 4.78 is 6.30. The van der Waals surface area contributed by atoms with Crippen LogP contribution in [-0.4, -0.2) is 41.9 Å². The Balaban J connectivity index is 1.60. The van der Waals surface area contributed by atoms with Gasteiger partial charge in [0.05, 0.1) is 23.5 Å². The predicted octanol–water partition coefficient (Wildman–Crippen LogP) is 2.85. The van der Waals surface area contributed by atoms with Gasteiger partial charge < -0.3 is 15.0 Å². The third kappa shape index (κ3) is 3.02. The minimum atomic E-state index is -0.567. The monoisotopic (exact) mass is 356 g/mol. The molecule has 1 unspecified atom stereocenters. The smallest absolute Gasteiger partial charge is 0.264 e. The van der Waals surface area contributed by atoms with E-state index in [2.05, 4.69) is 5.32 Å². The van der Waals surface area contributed by atoms with Crippen molar-refractivity contribution in [1.29, 1.82) is 0 Å². The van der Waals surface area contributed by atoms with Crippen LogP contribution in [0.25, 0.3) is 0 Å². The maximum Gasteiger partial charge on any atom is 0.264 e. The summed E-state index contributed by atoms with van der Waals surface area (Å²) in [6.07, 6.45) is 1.67. The summed E-state index contributed by atoms with van der Waals surface area (Å²) in [5.41, 5.74) is -0.0145. The Bertz CT molecular complexity index is 832. The Morgan fingerprint density at radius 1 is 1.28 bits per heavy atom. The van der Waals surface area contributed by atoms with Gasteiger partial charge in [-0.2, -0.15) is 0 Å². The molecule has 2 aliphatic rings. The third-order valence-corrected chi connectivity index (χ3v) is 5.80. The summed E-state index contributed by atoms with van der Waals surface area (Å²) in [7, 11) is 0. The van der Waals surface area contributed by atoms with Gasteiger partial charge in [0.15, 0.2) is 0 Å². The number of ether oxygens (including phenoxy) is 1. The fourth-order valence-electron chi connectivity index (χ4n) is 3.55. The van der Waals surface area contributed by atoms with Crippen molar-refractivity contribution in [3.8, 4) is 5.75 Å². The molecule has 2 aromatic rings. The Kier molecular flexibility index (Phi) is 4.00. The van der Waals surface area contributed by atoms with E-state index < -0.39 is 5.60 Å². The Labute approximate surface area is 150 Å². The molecule has 2 aliphatic heterocycles. The van der Waals surface area contributed by atoms with Crippen molar-refractivity contribution in [3.05, 3.63) is 51.7 Å². The number of piperidine rings is 1. The number of hydrogen-bond acceptors (Lipinski definition) is 4. The van der Waals surface area contributed by atoms with Crippen LogP contribution in [0.5, 0.6) is 5.75 Å². The van der Waals surface area contributed by atoms with E-state index in [0.29, 0.717) is 24.4 Å². The molecular formula is C19H20N2O3S. The Morgan fingerprint density at radius 2 is 2.12 bits per heavy atom. The van der Waals surface area contributed by atoms with Gasteiger partial charge in [-0.1, -0.05) is 12.1 Å². The van der Waals surface area contributed by atoms with Crippen molar-refractivity contribution in [1.82, 2.24) is 10.2 Å². The maximum absolute atomic E-state index is 12.8. The van der Waals surface area contributed by atoms with E-state index in [1.807, 2.05) is 42.2 Å². The molecule has 0 bridgehead atoms. The molecule has 130 valence electrons. The topological polar surface area (TPSA) is 58.6 Å². The van der Waals surface area contributed by atoms with E-state index >= 15 is 0 Å². The van der Waals surface area contributed by atoms with Gasteiger partial charge in [-0.25, -0.2) is 0 Å². The molecule has 2 amide bonds. The predicted molar refractivity (Wildman–Crippen MR) is 96.3 cm³/mol. The number of likely N-dealkylation sites (tertiary alicyclic amines) is 1. The second-order valence-electron chi connectivity index (χ2n) is 6.70. The van der Waals surface area contributed by atoms with E-state index in [0.717, 1.165) is 29.1 Å². The van der Waals surface area contributed by atoms with Gasteiger partial charge in [0.2, 0.25) is 0 Å². The number of aryl methyl sites for hydroxylation is 1. The second-order valence-corrected chi connectivity index (χ2v) is 7.99. The van der Waals surface area contributed by atoms with Gasteiger partial charge >= 0.3 is 0 Å². The number of thiophene rings is 1. The summed E-state index contributed by atoms with van der Waals surface area (Å²) in [4.78, 5) is 28.9. The van der Waals surface area contributed by atoms with Crippen molar-refractivity contribution in [2.45, 2.75) is 25.4 Å². The van der Waals surface area contributed by atoms with Gasteiger partial charge in [0.25, 0.3) is 11.8 Å². The molecule has 1 fully saturated rings. The number of para-hydroxylation sites is 1. The van der Waals surface area contributed by atoms with Gasteiger partial charge in [0.1, 0.15) is 11.4 Å². The molecule has 5 nitrogen and oxygen atoms in total. The molecule has 0 saturated carbocycles. The summed E-state index contributed by atoms with van der Waals surface area (Å²) >= 11 is 1.52. The highest BCUT2D eigenvalue weighted by molar-refractivity contribution is 7.13. The minimum Gasteiger partial charge on any atom is -0.483 e. The average molecular weight is 356 g/mol. The van der Waals surface area contributed by atoms with E-state index in [-0.39, 0.29) is 11.8 Å². The molecule has 1 aromatic heterocycles. The van der Waals surface area contributed by atoms with Crippen LogP contribution in [0, 0.1) is 6.92 Å². The van der Waals surface area contributed by atoms with Crippen LogP contribution >= 0.6 is 11.3 Å². The highest BCUT2D eigenvalue weighted by atomic mass is 32.1. The van der Waals surface area contributed by atoms with Crippen molar-refractivity contribution in [3.63, 3.8) is 0 Å². The van der Waals surface area contributed by atoms with Crippen LogP contribution in [-0.2, 0) is 0 Å². The van der Waals surface area contributed by atoms with Crippen molar-refractivity contribution in [2.24, 2.45) is 0 Å². The fraction of sp³-hybridized carbons (Fsp3) is 0.368. The van der Waals surface area contributed by atoms with E-state index in [1.54, 1.807) is 6.07 Å². The highest BCUT2D eigenvalue weighted by Crippen LogP contribution is 2.32. The van der Waals surface area contributed by atoms with Crippen LogP contribution in [0.2, 0.25) is 0 Å². The minimum absolute atomic E-state index is 0.0460. The van der Waals surface area contributed by atoms with Crippen LogP contribution in [0.15, 0.2) is 36.4 Å². The van der Waals surface area contributed by atoms with E-state index in [4.69, 9.17) is 4.74 Å². The number of amides is 2. The maximum atomic E-state index is 12.8. The molecular weight excluding hydrogens is 336 g/mol. The first-order chi connectivity index (χ1) is 12.1. The van der Waals surface area contributed by atoms with Crippen molar-refractivity contribution >= 4 is 23.2 Å². The quantitative estimate of drug-likeness (QED) is 0.855. The number of carbonyl (C=O) groups is 2. The lowest BCUT2D eigenvalue weighted by atomic mass is 9.92. The number of nitrogens with one attached hydrogen (secondary N) is 1. The summed E-state index contributed by atoms with van der Waals surface area (Å²) in [5.74, 6) is 0.521. The summed E-state index contributed by atoms with van der Waals surface area (Å²) in [6, 6.07) is 11.1. The average Bonchev–Trinajstić information content (AvgIpc) is 3.01. The number of rotatable bonds is 1. The zero-order valence-corrected chi connectivity index (χ0v) is 14.9. The fourth-order valence-corrected chi connectivity index (χ4v) is 4.39. The van der Waals surface area contributed by atoms with Crippen molar-refractivity contribution < 1.29 is 14.3 Å². The lowest BCUT2D eigenvalue weighted by Crippen LogP contribution is -2.57. The van der Waals surface area contributed by atoms with Gasteiger partial charge in [-0.05, 0) is 44.0 Å². The molecule has 1 atom stereocenters. The lowest BCUT2D eigenvalue weighted by molar-refractivity contribution is -0.000667. The first kappa shape index (κ1) is 16.1. The molecule has 0 aliphatic carbocycles. The largest absolute Gasteiger partial charge is 0.483 e. The molecule has 1 saturated heterocycles. The summed E-state index contributed by atoms with van der Waals surface area (Å²) in [5, 5.41) is 2.97.